The van der Waals surface area contributed by atoms with Crippen LogP contribution in [0.25, 0.3) is 0 Å². The summed E-state index contributed by atoms with van der Waals surface area (Å²) in [6.07, 6.45) is 4.43. The lowest BCUT2D eigenvalue weighted by molar-refractivity contribution is -0.00834. The molecular formula is C21H33N5O. The molecule has 6 nitrogen and oxygen atoms in total. The minimum Gasteiger partial charge on any atom is -0.379 e. The van der Waals surface area contributed by atoms with Gasteiger partial charge >= 0.3 is 0 Å². The molecule has 0 atom stereocenters. The number of ether oxygens (including phenoxy) is 1. The van der Waals surface area contributed by atoms with Crippen molar-refractivity contribution in [3.8, 4) is 0 Å². The van der Waals surface area contributed by atoms with Gasteiger partial charge < -0.3 is 20.3 Å². The fourth-order valence-corrected chi connectivity index (χ4v) is 3.54. The third-order valence-electron chi connectivity index (χ3n) is 5.33. The highest BCUT2D eigenvalue weighted by molar-refractivity contribution is 5.79. The van der Waals surface area contributed by atoms with E-state index in [0.717, 1.165) is 58.4 Å². The number of nitrogens with one attached hydrogen (secondary N) is 2. The first-order valence-electron chi connectivity index (χ1n) is 9.85. The van der Waals surface area contributed by atoms with E-state index >= 15 is 0 Å². The number of anilines is 1. The molecule has 0 radical (unpaired) electrons. The van der Waals surface area contributed by atoms with Gasteiger partial charge in [0, 0.05) is 57.5 Å². The topological polar surface area (TPSA) is 52.1 Å². The summed E-state index contributed by atoms with van der Waals surface area (Å²) in [5.41, 5.74) is 2.59. The zero-order valence-electron chi connectivity index (χ0n) is 16.9. The molecular weight excluding hydrogens is 338 g/mol. The maximum atomic E-state index is 5.47. The van der Waals surface area contributed by atoms with E-state index in [1.165, 1.54) is 11.3 Å². The van der Waals surface area contributed by atoms with E-state index in [9.17, 15) is 0 Å². The Kier molecular flexibility index (Phi) is 6.74. The van der Waals surface area contributed by atoms with Crippen LogP contribution in [-0.2, 0) is 11.3 Å². The average Bonchev–Trinajstić information content (AvgIpc) is 3.24. The molecule has 2 heterocycles. The summed E-state index contributed by atoms with van der Waals surface area (Å²) in [6, 6.07) is 8.71. The molecule has 2 aliphatic rings. The van der Waals surface area contributed by atoms with Crippen molar-refractivity contribution in [3.05, 3.63) is 42.0 Å². The van der Waals surface area contributed by atoms with Gasteiger partial charge in [-0.2, -0.15) is 0 Å². The van der Waals surface area contributed by atoms with E-state index in [1.807, 2.05) is 7.05 Å². The summed E-state index contributed by atoms with van der Waals surface area (Å²) in [4.78, 5) is 9.22. The van der Waals surface area contributed by atoms with Gasteiger partial charge in [0.2, 0.25) is 0 Å². The average molecular weight is 372 g/mol. The number of hydrogen-bond acceptors (Lipinski definition) is 4. The van der Waals surface area contributed by atoms with Crippen LogP contribution in [0.4, 0.5) is 5.69 Å². The zero-order chi connectivity index (χ0) is 19.1. The van der Waals surface area contributed by atoms with Crippen molar-refractivity contribution in [3.63, 3.8) is 0 Å². The largest absolute Gasteiger partial charge is 0.379 e. The van der Waals surface area contributed by atoms with Crippen LogP contribution in [0, 0.1) is 0 Å². The standard InChI is InChI=1S/C21H33N5O/c1-21(2,26-11-13-27-14-12-26)17-24-20(22-3)23-16-18-7-6-8-19(15-18)25-9-4-5-10-25/h4-8,15H,9-14,16-17H2,1-3H3,(H2,22,23,24). The molecule has 6 heteroatoms. The predicted octanol–water partition coefficient (Wildman–Crippen LogP) is 1.84. The maximum Gasteiger partial charge on any atom is 0.191 e. The lowest BCUT2D eigenvalue weighted by Gasteiger charge is -2.41. The van der Waals surface area contributed by atoms with E-state index in [4.69, 9.17) is 4.74 Å². The van der Waals surface area contributed by atoms with Crippen molar-refractivity contribution in [2.75, 3.05) is 57.9 Å². The van der Waals surface area contributed by atoms with Crippen molar-refractivity contribution in [1.29, 1.82) is 0 Å². The normalized spacial score (nSPS) is 18.8. The molecule has 1 aromatic carbocycles. The molecule has 2 aliphatic heterocycles. The summed E-state index contributed by atoms with van der Waals surface area (Å²) in [5, 5.41) is 6.92. The van der Waals surface area contributed by atoms with Gasteiger partial charge in [0.15, 0.2) is 5.96 Å². The molecule has 0 amide bonds. The fourth-order valence-electron chi connectivity index (χ4n) is 3.54. The summed E-state index contributed by atoms with van der Waals surface area (Å²) in [5.74, 6) is 0.838. The lowest BCUT2D eigenvalue weighted by atomic mass is 10.0. The van der Waals surface area contributed by atoms with E-state index in [-0.39, 0.29) is 5.54 Å². The van der Waals surface area contributed by atoms with E-state index in [1.54, 1.807) is 0 Å². The Morgan fingerprint density at radius 1 is 1.15 bits per heavy atom. The van der Waals surface area contributed by atoms with Gasteiger partial charge in [0.1, 0.15) is 0 Å². The van der Waals surface area contributed by atoms with Gasteiger partial charge in [0.25, 0.3) is 0 Å². The van der Waals surface area contributed by atoms with Gasteiger partial charge in [-0.25, -0.2) is 0 Å². The monoisotopic (exact) mass is 371 g/mol. The molecule has 0 saturated carbocycles. The van der Waals surface area contributed by atoms with Crippen molar-refractivity contribution in [2.24, 2.45) is 4.99 Å². The number of morpholine rings is 1. The van der Waals surface area contributed by atoms with Gasteiger partial charge in [0.05, 0.1) is 13.2 Å². The molecule has 1 fully saturated rings. The molecule has 0 spiro atoms. The minimum atomic E-state index is 0.0596. The van der Waals surface area contributed by atoms with Gasteiger partial charge in [-0.05, 0) is 31.5 Å². The summed E-state index contributed by atoms with van der Waals surface area (Å²) in [6.45, 7) is 11.7. The van der Waals surface area contributed by atoms with Crippen LogP contribution in [0.3, 0.4) is 0 Å². The third kappa shape index (κ3) is 5.47. The van der Waals surface area contributed by atoms with Crippen molar-refractivity contribution >= 4 is 11.6 Å². The van der Waals surface area contributed by atoms with Crippen LogP contribution in [0.1, 0.15) is 19.4 Å². The number of aliphatic imine (C=N–C) groups is 1. The lowest BCUT2D eigenvalue weighted by Crippen LogP contribution is -2.56. The van der Waals surface area contributed by atoms with Crippen LogP contribution >= 0.6 is 0 Å². The molecule has 27 heavy (non-hydrogen) atoms. The first-order chi connectivity index (χ1) is 13.1. The third-order valence-corrected chi connectivity index (χ3v) is 5.33. The van der Waals surface area contributed by atoms with E-state index < -0.39 is 0 Å². The summed E-state index contributed by atoms with van der Waals surface area (Å²) in [7, 11) is 1.82. The SMILES string of the molecule is CN=C(NCc1cccc(N2CC=CC2)c1)NCC(C)(C)N1CCOCC1. The highest BCUT2D eigenvalue weighted by Crippen LogP contribution is 2.18. The first-order valence-corrected chi connectivity index (χ1v) is 9.85. The van der Waals surface area contributed by atoms with Crippen LogP contribution in [0.5, 0.6) is 0 Å². The van der Waals surface area contributed by atoms with Crippen molar-refractivity contribution in [1.82, 2.24) is 15.5 Å². The van der Waals surface area contributed by atoms with Crippen molar-refractivity contribution in [2.45, 2.75) is 25.9 Å². The molecule has 0 aliphatic carbocycles. The molecule has 3 rings (SSSR count). The van der Waals surface area contributed by atoms with E-state index in [0.29, 0.717) is 0 Å². The number of benzene rings is 1. The van der Waals surface area contributed by atoms with Gasteiger partial charge in [-0.1, -0.05) is 24.3 Å². The Morgan fingerprint density at radius 3 is 2.59 bits per heavy atom. The zero-order valence-corrected chi connectivity index (χ0v) is 16.9. The highest BCUT2D eigenvalue weighted by Gasteiger charge is 2.28. The predicted molar refractivity (Wildman–Crippen MR) is 112 cm³/mol. The van der Waals surface area contributed by atoms with Crippen LogP contribution in [0.2, 0.25) is 0 Å². The maximum absolute atomic E-state index is 5.47. The second kappa shape index (κ2) is 9.24. The highest BCUT2D eigenvalue weighted by atomic mass is 16.5. The smallest absolute Gasteiger partial charge is 0.191 e. The van der Waals surface area contributed by atoms with Gasteiger partial charge in [-0.15, -0.1) is 0 Å². The molecule has 0 bridgehead atoms. The molecule has 0 unspecified atom stereocenters. The number of guanidine groups is 1. The van der Waals surface area contributed by atoms with Crippen LogP contribution in [-0.4, -0.2) is 69.4 Å². The molecule has 1 saturated heterocycles. The second-order valence-electron chi connectivity index (χ2n) is 7.74. The molecule has 148 valence electrons. The van der Waals surface area contributed by atoms with E-state index in [2.05, 4.69) is 75.7 Å². The summed E-state index contributed by atoms with van der Waals surface area (Å²) >= 11 is 0. The van der Waals surface area contributed by atoms with Gasteiger partial charge in [-0.3, -0.25) is 9.89 Å². The second-order valence-corrected chi connectivity index (χ2v) is 7.74. The Labute approximate surface area is 163 Å². The molecule has 2 N–H and O–H groups in total. The number of rotatable bonds is 6. The number of nitrogens with zero attached hydrogens (tertiary/aromatic N) is 3. The molecule has 1 aromatic rings. The summed E-state index contributed by atoms with van der Waals surface area (Å²) < 4.78 is 5.47. The Morgan fingerprint density at radius 2 is 1.89 bits per heavy atom. The Hall–Kier alpha value is -2.05. The minimum absolute atomic E-state index is 0.0596. The number of hydrogen-bond donors (Lipinski definition) is 2. The Bertz CT molecular complexity index is 656. The van der Waals surface area contributed by atoms with Crippen molar-refractivity contribution < 1.29 is 4.74 Å². The first kappa shape index (κ1) is 19.7. The van der Waals surface area contributed by atoms with Crippen LogP contribution < -0.4 is 15.5 Å². The fraction of sp³-hybridized carbons (Fsp3) is 0.571. The molecule has 0 aromatic heterocycles. The Balaban J connectivity index is 1.49. The quantitative estimate of drug-likeness (QED) is 0.454. The van der Waals surface area contributed by atoms with Crippen LogP contribution in [0.15, 0.2) is 41.4 Å².